The molecule has 0 aromatic heterocycles. The van der Waals surface area contributed by atoms with Gasteiger partial charge in [-0.25, -0.2) is 0 Å². The molecule has 0 aromatic rings. The lowest BCUT2D eigenvalue weighted by molar-refractivity contribution is 0.0427. The maximum absolute atomic E-state index is 5.90. The van der Waals surface area contributed by atoms with Crippen molar-refractivity contribution in [3.8, 4) is 0 Å². The molecule has 0 aromatic carbocycles. The minimum atomic E-state index is 0.209. The van der Waals surface area contributed by atoms with Crippen molar-refractivity contribution in [1.29, 1.82) is 0 Å². The third-order valence-corrected chi connectivity index (χ3v) is 4.36. The van der Waals surface area contributed by atoms with Gasteiger partial charge in [0.25, 0.3) is 0 Å². The van der Waals surface area contributed by atoms with Crippen LogP contribution in [0.1, 0.15) is 59.8 Å². The molecule has 106 valence electrons. The summed E-state index contributed by atoms with van der Waals surface area (Å²) in [5, 5.41) is 3.39. The zero-order valence-corrected chi connectivity index (χ0v) is 12.9. The van der Waals surface area contributed by atoms with Crippen LogP contribution in [-0.2, 0) is 4.74 Å². The Bertz CT molecular complexity index is 271. The van der Waals surface area contributed by atoms with Crippen molar-refractivity contribution >= 4 is 0 Å². The maximum Gasteiger partial charge on any atom is 0.0532 e. The molecule has 0 bridgehead atoms. The van der Waals surface area contributed by atoms with E-state index in [0.717, 1.165) is 26.1 Å². The fourth-order valence-electron chi connectivity index (χ4n) is 2.77. The molecule has 1 saturated carbocycles. The zero-order chi connectivity index (χ0) is 13.6. The zero-order valence-electron chi connectivity index (χ0n) is 12.9. The molecule has 0 heterocycles. The molecule has 2 heteroatoms. The molecular formula is C16H31NO. The second-order valence-electron chi connectivity index (χ2n) is 6.28. The minimum absolute atomic E-state index is 0.209. The van der Waals surface area contributed by atoms with Crippen molar-refractivity contribution < 1.29 is 4.74 Å². The average Bonchev–Trinajstić information content (AvgIpc) is 2.23. The molecule has 0 amide bonds. The summed E-state index contributed by atoms with van der Waals surface area (Å²) in [6.07, 6.45) is 6.31. The summed E-state index contributed by atoms with van der Waals surface area (Å²) in [5.41, 5.74) is 3.46. The first kappa shape index (κ1) is 15.7. The first-order chi connectivity index (χ1) is 8.51. The molecule has 2 nitrogen and oxygen atoms in total. The van der Waals surface area contributed by atoms with E-state index >= 15 is 0 Å². The summed E-state index contributed by atoms with van der Waals surface area (Å²) in [7, 11) is 2.04. The van der Waals surface area contributed by atoms with Crippen molar-refractivity contribution in [2.75, 3.05) is 20.3 Å². The van der Waals surface area contributed by atoms with Gasteiger partial charge in [0.05, 0.1) is 13.2 Å². The van der Waals surface area contributed by atoms with E-state index in [1.54, 1.807) is 11.1 Å². The first-order valence-corrected chi connectivity index (χ1v) is 7.43. The lowest BCUT2D eigenvalue weighted by Gasteiger charge is -2.33. The molecule has 1 aliphatic carbocycles. The summed E-state index contributed by atoms with van der Waals surface area (Å²) in [5.74, 6) is 0. The SMILES string of the molecule is CCC(NC)C(C)(C)COCCC(C)=C1CCC1. The smallest absolute Gasteiger partial charge is 0.0532 e. The van der Waals surface area contributed by atoms with E-state index in [9.17, 15) is 0 Å². The molecule has 1 unspecified atom stereocenters. The van der Waals surface area contributed by atoms with Crippen LogP contribution < -0.4 is 5.32 Å². The molecule has 0 aliphatic heterocycles. The summed E-state index contributed by atoms with van der Waals surface area (Å²) in [4.78, 5) is 0. The number of rotatable bonds is 8. The number of allylic oxidation sites excluding steroid dienone is 1. The van der Waals surface area contributed by atoms with Crippen molar-refractivity contribution in [2.45, 2.75) is 65.8 Å². The third-order valence-electron chi connectivity index (χ3n) is 4.36. The Kier molecular flexibility index (Phi) is 6.37. The van der Waals surface area contributed by atoms with Gasteiger partial charge in [-0.15, -0.1) is 0 Å². The summed E-state index contributed by atoms with van der Waals surface area (Å²) in [6, 6.07) is 0.531. The van der Waals surface area contributed by atoms with Crippen LogP contribution >= 0.6 is 0 Å². The highest BCUT2D eigenvalue weighted by molar-refractivity contribution is 5.17. The van der Waals surface area contributed by atoms with Gasteiger partial charge in [-0.1, -0.05) is 31.9 Å². The lowest BCUT2D eigenvalue weighted by atomic mass is 9.84. The van der Waals surface area contributed by atoms with Gasteiger partial charge in [0.2, 0.25) is 0 Å². The molecule has 1 N–H and O–H groups in total. The highest BCUT2D eigenvalue weighted by Gasteiger charge is 2.27. The van der Waals surface area contributed by atoms with Crippen molar-refractivity contribution in [1.82, 2.24) is 5.32 Å². The van der Waals surface area contributed by atoms with Crippen molar-refractivity contribution in [2.24, 2.45) is 5.41 Å². The highest BCUT2D eigenvalue weighted by Crippen LogP contribution is 2.30. The van der Waals surface area contributed by atoms with Gasteiger partial charge < -0.3 is 10.1 Å². The number of ether oxygens (including phenoxy) is 1. The Morgan fingerprint density at radius 2 is 2.06 bits per heavy atom. The van der Waals surface area contributed by atoms with E-state index in [1.165, 1.54) is 19.3 Å². The van der Waals surface area contributed by atoms with Crippen LogP contribution in [0.15, 0.2) is 11.1 Å². The van der Waals surface area contributed by atoms with Crippen LogP contribution in [-0.4, -0.2) is 26.3 Å². The minimum Gasteiger partial charge on any atom is -0.381 e. The monoisotopic (exact) mass is 253 g/mol. The van der Waals surface area contributed by atoms with Crippen LogP contribution in [0.5, 0.6) is 0 Å². The summed E-state index contributed by atoms with van der Waals surface area (Å²) >= 11 is 0. The summed E-state index contributed by atoms with van der Waals surface area (Å²) < 4.78 is 5.90. The van der Waals surface area contributed by atoms with E-state index in [1.807, 2.05) is 7.05 Å². The molecule has 0 radical (unpaired) electrons. The fourth-order valence-corrected chi connectivity index (χ4v) is 2.77. The number of nitrogens with one attached hydrogen (secondary N) is 1. The van der Waals surface area contributed by atoms with Gasteiger partial charge in [0.1, 0.15) is 0 Å². The van der Waals surface area contributed by atoms with E-state index in [0.29, 0.717) is 6.04 Å². The largest absolute Gasteiger partial charge is 0.381 e. The molecule has 0 spiro atoms. The topological polar surface area (TPSA) is 21.3 Å². The molecular weight excluding hydrogens is 222 g/mol. The standard InChI is InChI=1S/C16H31NO/c1-6-15(17-5)16(3,4)12-18-11-10-13(2)14-8-7-9-14/h15,17H,6-12H2,1-5H3. The second kappa shape index (κ2) is 7.30. The fraction of sp³-hybridized carbons (Fsp3) is 0.875. The number of hydrogen-bond donors (Lipinski definition) is 1. The van der Waals surface area contributed by atoms with Crippen molar-refractivity contribution in [3.63, 3.8) is 0 Å². The predicted octanol–water partition coefficient (Wildman–Crippen LogP) is 3.92. The van der Waals surface area contributed by atoms with E-state index in [-0.39, 0.29) is 5.41 Å². The Labute approximate surface area is 113 Å². The van der Waals surface area contributed by atoms with Crippen LogP contribution in [0.3, 0.4) is 0 Å². The van der Waals surface area contributed by atoms with Crippen LogP contribution in [0.2, 0.25) is 0 Å². The highest BCUT2D eigenvalue weighted by atomic mass is 16.5. The number of hydrogen-bond acceptors (Lipinski definition) is 2. The normalized spacial score (nSPS) is 17.5. The van der Waals surface area contributed by atoms with Gasteiger partial charge in [0, 0.05) is 11.5 Å². The van der Waals surface area contributed by atoms with Crippen LogP contribution in [0.25, 0.3) is 0 Å². The lowest BCUT2D eigenvalue weighted by Crippen LogP contribution is -2.42. The van der Waals surface area contributed by atoms with E-state index in [2.05, 4.69) is 33.0 Å². The average molecular weight is 253 g/mol. The summed E-state index contributed by atoms with van der Waals surface area (Å²) in [6.45, 7) is 10.8. The Morgan fingerprint density at radius 1 is 1.39 bits per heavy atom. The first-order valence-electron chi connectivity index (χ1n) is 7.43. The van der Waals surface area contributed by atoms with E-state index in [4.69, 9.17) is 4.74 Å². The van der Waals surface area contributed by atoms with Gasteiger partial charge in [-0.2, -0.15) is 0 Å². The molecule has 0 saturated heterocycles. The van der Waals surface area contributed by atoms with Crippen molar-refractivity contribution in [3.05, 3.63) is 11.1 Å². The third kappa shape index (κ3) is 4.40. The van der Waals surface area contributed by atoms with Gasteiger partial charge in [0.15, 0.2) is 0 Å². The van der Waals surface area contributed by atoms with Crippen LogP contribution in [0.4, 0.5) is 0 Å². The molecule has 1 fully saturated rings. The Balaban J connectivity index is 2.24. The van der Waals surface area contributed by atoms with Gasteiger partial charge >= 0.3 is 0 Å². The second-order valence-corrected chi connectivity index (χ2v) is 6.28. The van der Waals surface area contributed by atoms with Gasteiger partial charge in [-0.3, -0.25) is 0 Å². The van der Waals surface area contributed by atoms with Crippen LogP contribution in [0, 0.1) is 5.41 Å². The molecule has 1 aliphatic rings. The Hall–Kier alpha value is -0.340. The maximum atomic E-state index is 5.90. The Morgan fingerprint density at radius 3 is 2.50 bits per heavy atom. The molecule has 18 heavy (non-hydrogen) atoms. The quantitative estimate of drug-likeness (QED) is 0.523. The van der Waals surface area contributed by atoms with Gasteiger partial charge in [-0.05, 0) is 46.1 Å². The molecule has 1 rings (SSSR count). The predicted molar refractivity (Wildman–Crippen MR) is 78.9 cm³/mol. The molecule has 1 atom stereocenters. The van der Waals surface area contributed by atoms with E-state index < -0.39 is 0 Å².